The zero-order valence-corrected chi connectivity index (χ0v) is 10.7. The molecule has 0 amide bonds. The van der Waals surface area contributed by atoms with Crippen LogP contribution >= 0.6 is 0 Å². The Hall–Kier alpha value is -0.980. The number of hydrogen-bond acceptors (Lipinski definition) is 1. The third-order valence-electron chi connectivity index (χ3n) is 4.66. The SMILES string of the molecule is CCc1cccc(OCC2CC3CCC2C3)c1. The highest BCUT2D eigenvalue weighted by molar-refractivity contribution is 5.28. The minimum absolute atomic E-state index is 0.832. The predicted molar refractivity (Wildman–Crippen MR) is 70.3 cm³/mol. The number of fused-ring (bicyclic) bond motifs is 2. The molecule has 0 spiro atoms. The maximum atomic E-state index is 5.99. The van der Waals surface area contributed by atoms with Gasteiger partial charge in [0.2, 0.25) is 0 Å². The standard InChI is InChI=1S/C16H22O/c1-2-12-4-3-5-16(10-12)17-11-15-9-13-6-7-14(15)8-13/h3-5,10,13-15H,2,6-9,11H2,1H3. The zero-order valence-electron chi connectivity index (χ0n) is 10.7. The second kappa shape index (κ2) is 4.72. The summed E-state index contributed by atoms with van der Waals surface area (Å²) in [6.07, 6.45) is 6.91. The molecule has 2 aliphatic carbocycles. The summed E-state index contributed by atoms with van der Waals surface area (Å²) in [4.78, 5) is 0. The Kier molecular flexibility index (Phi) is 3.09. The molecule has 2 bridgehead atoms. The average molecular weight is 230 g/mol. The molecule has 0 heterocycles. The van der Waals surface area contributed by atoms with E-state index in [1.165, 1.54) is 31.2 Å². The van der Waals surface area contributed by atoms with Crippen molar-refractivity contribution in [2.75, 3.05) is 6.61 Å². The van der Waals surface area contributed by atoms with Crippen LogP contribution < -0.4 is 4.74 Å². The van der Waals surface area contributed by atoms with Crippen LogP contribution in [0.25, 0.3) is 0 Å². The Balaban J connectivity index is 1.56. The molecule has 0 N–H and O–H groups in total. The molecule has 0 aromatic heterocycles. The first-order chi connectivity index (χ1) is 8.35. The van der Waals surface area contributed by atoms with Crippen LogP contribution in [0, 0.1) is 17.8 Å². The molecule has 0 aliphatic heterocycles. The summed E-state index contributed by atoms with van der Waals surface area (Å²) in [6, 6.07) is 8.55. The quantitative estimate of drug-likeness (QED) is 0.757. The topological polar surface area (TPSA) is 9.23 Å². The normalized spacial score (nSPS) is 30.8. The maximum absolute atomic E-state index is 5.99. The lowest BCUT2D eigenvalue weighted by atomic mass is 9.89. The van der Waals surface area contributed by atoms with Gasteiger partial charge in [-0.05, 0) is 61.1 Å². The monoisotopic (exact) mass is 230 g/mol. The smallest absolute Gasteiger partial charge is 0.119 e. The molecule has 2 saturated carbocycles. The lowest BCUT2D eigenvalue weighted by molar-refractivity contribution is 0.195. The zero-order chi connectivity index (χ0) is 11.7. The van der Waals surface area contributed by atoms with E-state index in [2.05, 4.69) is 31.2 Å². The van der Waals surface area contributed by atoms with Crippen LogP contribution in [0.15, 0.2) is 24.3 Å². The molecule has 0 saturated heterocycles. The fourth-order valence-electron chi connectivity index (χ4n) is 3.64. The molecule has 2 fully saturated rings. The molecule has 2 aliphatic rings. The highest BCUT2D eigenvalue weighted by Gasteiger charge is 2.39. The van der Waals surface area contributed by atoms with Crippen molar-refractivity contribution in [3.8, 4) is 5.75 Å². The van der Waals surface area contributed by atoms with E-state index < -0.39 is 0 Å². The number of benzene rings is 1. The van der Waals surface area contributed by atoms with Gasteiger partial charge in [-0.1, -0.05) is 25.5 Å². The number of aryl methyl sites for hydroxylation is 1. The van der Waals surface area contributed by atoms with E-state index in [9.17, 15) is 0 Å². The minimum atomic E-state index is 0.832. The van der Waals surface area contributed by atoms with Crippen LogP contribution in [-0.2, 0) is 6.42 Å². The van der Waals surface area contributed by atoms with Crippen molar-refractivity contribution >= 4 is 0 Å². The Labute approximate surface area is 104 Å². The largest absolute Gasteiger partial charge is 0.493 e. The second-order valence-corrected chi connectivity index (χ2v) is 5.75. The van der Waals surface area contributed by atoms with Crippen LogP contribution in [0.4, 0.5) is 0 Å². The van der Waals surface area contributed by atoms with Gasteiger partial charge in [0.15, 0.2) is 0 Å². The fourth-order valence-corrected chi connectivity index (χ4v) is 3.64. The molecule has 1 heteroatoms. The van der Waals surface area contributed by atoms with Gasteiger partial charge >= 0.3 is 0 Å². The number of ether oxygens (including phenoxy) is 1. The molecular formula is C16H22O. The molecule has 0 radical (unpaired) electrons. The van der Waals surface area contributed by atoms with Crippen LogP contribution in [0.3, 0.4) is 0 Å². The average Bonchev–Trinajstić information content (AvgIpc) is 2.99. The van der Waals surface area contributed by atoms with E-state index in [1.54, 1.807) is 0 Å². The van der Waals surface area contributed by atoms with Crippen molar-refractivity contribution in [2.45, 2.75) is 39.0 Å². The molecular weight excluding hydrogens is 208 g/mol. The van der Waals surface area contributed by atoms with Crippen molar-refractivity contribution in [3.05, 3.63) is 29.8 Å². The summed E-state index contributed by atoms with van der Waals surface area (Å²) >= 11 is 0. The molecule has 3 atom stereocenters. The molecule has 3 rings (SSSR count). The van der Waals surface area contributed by atoms with E-state index in [1.807, 2.05) is 0 Å². The second-order valence-electron chi connectivity index (χ2n) is 5.75. The lowest BCUT2D eigenvalue weighted by Crippen LogP contribution is -2.18. The third kappa shape index (κ3) is 2.34. The van der Waals surface area contributed by atoms with Gasteiger partial charge in [-0.2, -0.15) is 0 Å². The Morgan fingerprint density at radius 3 is 2.88 bits per heavy atom. The van der Waals surface area contributed by atoms with Gasteiger partial charge in [0, 0.05) is 0 Å². The van der Waals surface area contributed by atoms with Gasteiger partial charge in [0.25, 0.3) is 0 Å². The molecule has 17 heavy (non-hydrogen) atoms. The Morgan fingerprint density at radius 1 is 1.24 bits per heavy atom. The van der Waals surface area contributed by atoms with Crippen LogP contribution in [0.2, 0.25) is 0 Å². The minimum Gasteiger partial charge on any atom is -0.493 e. The number of rotatable bonds is 4. The first-order valence-corrected chi connectivity index (χ1v) is 7.07. The van der Waals surface area contributed by atoms with Crippen molar-refractivity contribution < 1.29 is 4.74 Å². The number of hydrogen-bond donors (Lipinski definition) is 0. The highest BCUT2D eigenvalue weighted by Crippen LogP contribution is 2.48. The van der Waals surface area contributed by atoms with E-state index in [4.69, 9.17) is 4.74 Å². The summed E-state index contributed by atoms with van der Waals surface area (Å²) in [6.45, 7) is 3.13. The highest BCUT2D eigenvalue weighted by atomic mass is 16.5. The van der Waals surface area contributed by atoms with Crippen molar-refractivity contribution in [3.63, 3.8) is 0 Å². The summed E-state index contributed by atoms with van der Waals surface area (Å²) < 4.78 is 5.99. The van der Waals surface area contributed by atoms with E-state index in [-0.39, 0.29) is 0 Å². The van der Waals surface area contributed by atoms with Gasteiger partial charge < -0.3 is 4.74 Å². The van der Waals surface area contributed by atoms with Gasteiger partial charge in [-0.15, -0.1) is 0 Å². The van der Waals surface area contributed by atoms with Gasteiger partial charge in [-0.25, -0.2) is 0 Å². The first-order valence-electron chi connectivity index (χ1n) is 7.07. The first kappa shape index (κ1) is 11.1. The summed E-state index contributed by atoms with van der Waals surface area (Å²) in [5, 5.41) is 0. The van der Waals surface area contributed by atoms with Crippen molar-refractivity contribution in [1.29, 1.82) is 0 Å². The fraction of sp³-hybridized carbons (Fsp3) is 0.625. The molecule has 1 aromatic carbocycles. The molecule has 1 nitrogen and oxygen atoms in total. The van der Waals surface area contributed by atoms with Crippen molar-refractivity contribution in [2.24, 2.45) is 17.8 Å². The van der Waals surface area contributed by atoms with Crippen LogP contribution in [-0.4, -0.2) is 6.61 Å². The third-order valence-corrected chi connectivity index (χ3v) is 4.66. The van der Waals surface area contributed by atoms with Gasteiger partial charge in [0.1, 0.15) is 5.75 Å². The van der Waals surface area contributed by atoms with Crippen LogP contribution in [0.1, 0.15) is 38.2 Å². The molecule has 92 valence electrons. The summed E-state index contributed by atoms with van der Waals surface area (Å²) in [5.74, 6) is 3.89. The Bertz CT molecular complexity index is 385. The predicted octanol–water partition coefficient (Wildman–Crippen LogP) is 4.06. The van der Waals surface area contributed by atoms with E-state index >= 15 is 0 Å². The molecule has 1 aromatic rings. The van der Waals surface area contributed by atoms with Gasteiger partial charge in [-0.3, -0.25) is 0 Å². The van der Waals surface area contributed by atoms with E-state index in [0.29, 0.717) is 0 Å². The molecule has 3 unspecified atom stereocenters. The Morgan fingerprint density at radius 2 is 2.18 bits per heavy atom. The van der Waals surface area contributed by atoms with Gasteiger partial charge in [0.05, 0.1) is 6.61 Å². The van der Waals surface area contributed by atoms with Crippen LogP contribution in [0.5, 0.6) is 5.75 Å². The lowest BCUT2D eigenvalue weighted by Gasteiger charge is -2.21. The van der Waals surface area contributed by atoms with E-state index in [0.717, 1.165) is 36.5 Å². The summed E-state index contributed by atoms with van der Waals surface area (Å²) in [5.41, 5.74) is 1.37. The van der Waals surface area contributed by atoms with Crippen molar-refractivity contribution in [1.82, 2.24) is 0 Å². The summed E-state index contributed by atoms with van der Waals surface area (Å²) in [7, 11) is 0. The maximum Gasteiger partial charge on any atom is 0.119 e.